The largest absolute Gasteiger partial charge is 0.427 e. The van der Waals surface area contributed by atoms with Crippen LogP contribution in [0.5, 0.6) is 5.75 Å². The number of rotatable bonds is 6. The van der Waals surface area contributed by atoms with Gasteiger partial charge in [-0.3, -0.25) is 14.9 Å². The van der Waals surface area contributed by atoms with Crippen molar-refractivity contribution in [3.05, 3.63) is 63.7 Å². The molecular weight excluding hydrogens is 326 g/mol. The van der Waals surface area contributed by atoms with Gasteiger partial charge in [0.05, 0.1) is 11.3 Å². The Morgan fingerprint density at radius 3 is 2.36 bits per heavy atom. The number of esters is 1. The molecule has 114 valence electrons. The molecule has 5 nitrogen and oxygen atoms in total. The van der Waals surface area contributed by atoms with Gasteiger partial charge in [0.25, 0.3) is 5.69 Å². The predicted octanol–water partition coefficient (Wildman–Crippen LogP) is 4.34. The van der Waals surface area contributed by atoms with Gasteiger partial charge in [-0.15, -0.1) is 11.8 Å². The van der Waals surface area contributed by atoms with Crippen LogP contribution in [0.1, 0.15) is 6.42 Å². The molecule has 0 atom stereocenters. The molecule has 2 rings (SSSR count). The molecule has 0 unspecified atom stereocenters. The number of benzene rings is 2. The number of carbonyl (C=O) groups is 1. The third-order valence-electron chi connectivity index (χ3n) is 2.67. The Kier molecular flexibility index (Phi) is 5.80. The van der Waals surface area contributed by atoms with E-state index in [1.807, 2.05) is 0 Å². The van der Waals surface area contributed by atoms with E-state index in [4.69, 9.17) is 16.3 Å². The number of nitro groups is 1. The highest BCUT2D eigenvalue weighted by Gasteiger charge is 2.07. The van der Waals surface area contributed by atoms with Gasteiger partial charge in [-0.2, -0.15) is 0 Å². The molecule has 0 N–H and O–H groups in total. The molecule has 0 aliphatic heterocycles. The Morgan fingerprint density at radius 2 is 1.77 bits per heavy atom. The summed E-state index contributed by atoms with van der Waals surface area (Å²) in [6, 6.07) is 12.8. The normalized spacial score (nSPS) is 10.2. The second kappa shape index (κ2) is 7.82. The zero-order valence-electron chi connectivity index (χ0n) is 11.4. The summed E-state index contributed by atoms with van der Waals surface area (Å²) in [7, 11) is 0. The van der Waals surface area contributed by atoms with Crippen molar-refractivity contribution in [3.8, 4) is 5.75 Å². The van der Waals surface area contributed by atoms with Crippen molar-refractivity contribution in [2.24, 2.45) is 0 Å². The van der Waals surface area contributed by atoms with Crippen molar-refractivity contribution in [2.75, 3.05) is 5.75 Å². The number of thioether (sulfide) groups is 1. The third-order valence-corrected chi connectivity index (χ3v) is 3.93. The molecule has 0 spiro atoms. The molecule has 0 aliphatic carbocycles. The summed E-state index contributed by atoms with van der Waals surface area (Å²) in [5.74, 6) is 0.649. The highest BCUT2D eigenvalue weighted by Crippen LogP contribution is 2.22. The van der Waals surface area contributed by atoms with Gasteiger partial charge in [0.1, 0.15) is 5.75 Å². The van der Waals surface area contributed by atoms with Gasteiger partial charge in [0.15, 0.2) is 0 Å². The van der Waals surface area contributed by atoms with Gasteiger partial charge in [-0.1, -0.05) is 11.6 Å². The Bertz CT molecular complexity index is 658. The Hall–Kier alpha value is -2.05. The summed E-state index contributed by atoms with van der Waals surface area (Å²) in [5, 5.41) is 11.1. The Balaban J connectivity index is 1.77. The summed E-state index contributed by atoms with van der Waals surface area (Å²) in [6.45, 7) is 0. The van der Waals surface area contributed by atoms with Crippen LogP contribution in [0.4, 0.5) is 5.69 Å². The zero-order valence-corrected chi connectivity index (χ0v) is 13.0. The monoisotopic (exact) mass is 337 g/mol. The Morgan fingerprint density at radius 1 is 1.14 bits per heavy atom. The van der Waals surface area contributed by atoms with Gasteiger partial charge < -0.3 is 4.74 Å². The second-order valence-electron chi connectivity index (χ2n) is 4.28. The number of hydrogen-bond acceptors (Lipinski definition) is 5. The minimum absolute atomic E-state index is 0.0477. The van der Waals surface area contributed by atoms with E-state index >= 15 is 0 Å². The molecule has 0 saturated heterocycles. The lowest BCUT2D eigenvalue weighted by Gasteiger charge is -2.04. The fourth-order valence-corrected chi connectivity index (χ4v) is 2.56. The van der Waals surface area contributed by atoms with Crippen LogP contribution in [-0.4, -0.2) is 16.6 Å². The first-order valence-corrected chi connectivity index (χ1v) is 7.74. The van der Waals surface area contributed by atoms with E-state index in [1.54, 1.807) is 36.4 Å². The lowest BCUT2D eigenvalue weighted by Crippen LogP contribution is -2.08. The predicted molar refractivity (Wildman–Crippen MR) is 85.5 cm³/mol. The third kappa shape index (κ3) is 5.05. The molecule has 0 amide bonds. The van der Waals surface area contributed by atoms with E-state index in [1.165, 1.54) is 23.9 Å². The number of nitro benzene ring substituents is 1. The molecule has 0 fully saturated rings. The van der Waals surface area contributed by atoms with Crippen molar-refractivity contribution in [1.82, 2.24) is 0 Å². The molecule has 0 radical (unpaired) electrons. The number of non-ortho nitro benzene ring substituents is 1. The number of hydrogen-bond donors (Lipinski definition) is 0. The van der Waals surface area contributed by atoms with Crippen LogP contribution >= 0.6 is 23.4 Å². The number of carbonyl (C=O) groups excluding carboxylic acids is 1. The van der Waals surface area contributed by atoms with Crippen molar-refractivity contribution in [2.45, 2.75) is 11.3 Å². The van der Waals surface area contributed by atoms with E-state index < -0.39 is 4.92 Å². The van der Waals surface area contributed by atoms with Crippen LogP contribution in [0.3, 0.4) is 0 Å². The van der Waals surface area contributed by atoms with Crippen LogP contribution in [0.25, 0.3) is 0 Å². The average molecular weight is 338 g/mol. The average Bonchev–Trinajstić information content (AvgIpc) is 2.50. The van der Waals surface area contributed by atoms with E-state index in [0.29, 0.717) is 16.5 Å². The van der Waals surface area contributed by atoms with Gasteiger partial charge in [0.2, 0.25) is 0 Å². The number of ether oxygens (including phenoxy) is 1. The van der Waals surface area contributed by atoms with Crippen LogP contribution in [0, 0.1) is 10.1 Å². The Labute approximate surface area is 136 Å². The highest BCUT2D eigenvalue weighted by atomic mass is 35.5. The van der Waals surface area contributed by atoms with E-state index in [9.17, 15) is 14.9 Å². The quantitative estimate of drug-likeness (QED) is 0.258. The first-order valence-electron chi connectivity index (χ1n) is 6.38. The molecular formula is C15H12ClNO4S. The fourth-order valence-electron chi connectivity index (χ4n) is 1.60. The fraction of sp³-hybridized carbons (Fsp3) is 0.133. The summed E-state index contributed by atoms with van der Waals surface area (Å²) < 4.78 is 5.16. The highest BCUT2D eigenvalue weighted by molar-refractivity contribution is 7.99. The smallest absolute Gasteiger partial charge is 0.312 e. The maximum atomic E-state index is 11.7. The molecule has 22 heavy (non-hydrogen) atoms. The van der Waals surface area contributed by atoms with Gasteiger partial charge in [-0.05, 0) is 36.4 Å². The van der Waals surface area contributed by atoms with E-state index in [2.05, 4.69) is 0 Å². The second-order valence-corrected chi connectivity index (χ2v) is 5.88. The minimum atomic E-state index is -0.446. The summed E-state index contributed by atoms with van der Waals surface area (Å²) in [6.07, 6.45) is 0.240. The van der Waals surface area contributed by atoms with Crippen molar-refractivity contribution >= 4 is 35.0 Å². The molecule has 0 heterocycles. The lowest BCUT2D eigenvalue weighted by molar-refractivity contribution is -0.384. The lowest BCUT2D eigenvalue weighted by atomic mass is 10.3. The maximum absolute atomic E-state index is 11.7. The molecule has 2 aromatic rings. The number of halogens is 1. The molecule has 2 aromatic carbocycles. The summed E-state index contributed by atoms with van der Waals surface area (Å²) in [4.78, 5) is 22.6. The van der Waals surface area contributed by atoms with Gasteiger partial charge >= 0.3 is 5.97 Å². The van der Waals surface area contributed by atoms with E-state index in [-0.39, 0.29) is 18.1 Å². The summed E-state index contributed by atoms with van der Waals surface area (Å²) in [5.41, 5.74) is 0.0477. The standard InChI is InChI=1S/C15H12ClNO4S/c16-11-1-5-13(6-2-11)21-15(18)9-10-22-14-7-3-12(4-8-14)17(19)20/h1-8H,9-10H2. The maximum Gasteiger partial charge on any atom is 0.312 e. The first kappa shape index (κ1) is 16.3. The van der Waals surface area contributed by atoms with Crippen LogP contribution in [0.2, 0.25) is 5.02 Å². The van der Waals surface area contributed by atoms with Gasteiger partial charge in [0, 0.05) is 27.8 Å². The SMILES string of the molecule is O=C(CCSc1ccc([N+](=O)[O-])cc1)Oc1ccc(Cl)cc1. The molecule has 0 saturated carbocycles. The summed E-state index contributed by atoms with van der Waals surface area (Å²) >= 11 is 7.18. The number of nitrogens with zero attached hydrogens (tertiary/aromatic N) is 1. The molecule has 0 aliphatic rings. The van der Waals surface area contributed by atoms with Crippen molar-refractivity contribution in [3.63, 3.8) is 0 Å². The molecule has 0 aromatic heterocycles. The molecule has 0 bridgehead atoms. The topological polar surface area (TPSA) is 69.4 Å². The minimum Gasteiger partial charge on any atom is -0.427 e. The van der Waals surface area contributed by atoms with Crippen LogP contribution in [0.15, 0.2) is 53.4 Å². The van der Waals surface area contributed by atoms with Gasteiger partial charge in [-0.25, -0.2) is 0 Å². The van der Waals surface area contributed by atoms with Crippen molar-refractivity contribution < 1.29 is 14.5 Å². The first-order chi connectivity index (χ1) is 10.5. The van der Waals surface area contributed by atoms with Crippen LogP contribution < -0.4 is 4.74 Å². The van der Waals surface area contributed by atoms with Crippen molar-refractivity contribution in [1.29, 1.82) is 0 Å². The van der Waals surface area contributed by atoms with E-state index in [0.717, 1.165) is 4.90 Å². The molecule has 7 heteroatoms. The zero-order chi connectivity index (χ0) is 15.9. The van der Waals surface area contributed by atoms with Crippen LogP contribution in [-0.2, 0) is 4.79 Å².